The quantitative estimate of drug-likeness (QED) is 0.871. The van der Waals surface area contributed by atoms with Gasteiger partial charge in [-0.2, -0.15) is 0 Å². The molecule has 0 bridgehead atoms. The van der Waals surface area contributed by atoms with Crippen LogP contribution >= 0.6 is 15.9 Å². The van der Waals surface area contributed by atoms with Gasteiger partial charge in [-0.1, -0.05) is 12.1 Å². The van der Waals surface area contributed by atoms with Crippen LogP contribution in [0, 0.1) is 5.82 Å². The number of rotatable bonds is 4. The molecule has 0 aliphatic carbocycles. The minimum absolute atomic E-state index is 0.00963. The van der Waals surface area contributed by atoms with Crippen LogP contribution in [0.2, 0.25) is 0 Å². The first-order valence-corrected chi connectivity index (χ1v) is 7.40. The normalized spacial score (nSPS) is 12.2. The van der Waals surface area contributed by atoms with Gasteiger partial charge in [0.15, 0.2) is 0 Å². The van der Waals surface area contributed by atoms with Crippen LogP contribution in [0.25, 0.3) is 0 Å². The maximum absolute atomic E-state index is 13.4. The Balaban J connectivity index is 2.42. The molecule has 2 rings (SSSR count). The second kappa shape index (κ2) is 6.37. The Kier molecular flexibility index (Phi) is 4.78. The van der Waals surface area contributed by atoms with E-state index < -0.39 is 0 Å². The lowest BCUT2D eigenvalue weighted by molar-refractivity contribution is 0.627. The number of nitrogens with two attached hydrogens (primary N) is 1. The zero-order valence-corrected chi connectivity index (χ0v) is 13.2. The van der Waals surface area contributed by atoms with Crippen molar-refractivity contribution >= 4 is 27.3 Å². The summed E-state index contributed by atoms with van der Waals surface area (Å²) in [6.45, 7) is 4.74. The van der Waals surface area contributed by atoms with E-state index in [4.69, 9.17) is 5.73 Å². The lowest BCUT2D eigenvalue weighted by Gasteiger charge is -2.25. The minimum Gasteiger partial charge on any atom is -0.341 e. The highest BCUT2D eigenvalue weighted by Crippen LogP contribution is 2.33. The molecule has 0 saturated carbocycles. The second-order valence-electron chi connectivity index (χ2n) is 4.72. The predicted molar refractivity (Wildman–Crippen MR) is 85.8 cm³/mol. The molecule has 0 fully saturated rings. The van der Waals surface area contributed by atoms with E-state index in [0.717, 1.165) is 28.0 Å². The topological polar surface area (TPSA) is 29.3 Å². The molecule has 1 unspecified atom stereocenters. The molecule has 0 radical (unpaired) electrons. The van der Waals surface area contributed by atoms with Gasteiger partial charge in [-0.05, 0) is 65.7 Å². The first-order valence-electron chi connectivity index (χ1n) is 6.61. The van der Waals surface area contributed by atoms with Gasteiger partial charge in [0.05, 0.1) is 5.69 Å². The highest BCUT2D eigenvalue weighted by atomic mass is 79.9. The summed E-state index contributed by atoms with van der Waals surface area (Å²) >= 11 is 3.58. The summed E-state index contributed by atoms with van der Waals surface area (Å²) in [6.07, 6.45) is 0. The van der Waals surface area contributed by atoms with E-state index in [-0.39, 0.29) is 11.9 Å². The summed E-state index contributed by atoms with van der Waals surface area (Å²) in [5.41, 5.74) is 8.79. The Morgan fingerprint density at radius 3 is 2.55 bits per heavy atom. The van der Waals surface area contributed by atoms with Crippen LogP contribution < -0.4 is 10.6 Å². The highest BCUT2D eigenvalue weighted by molar-refractivity contribution is 9.10. The van der Waals surface area contributed by atoms with E-state index in [9.17, 15) is 4.39 Å². The largest absolute Gasteiger partial charge is 0.341 e. The highest BCUT2D eigenvalue weighted by Gasteiger charge is 2.12. The fourth-order valence-electron chi connectivity index (χ4n) is 2.16. The zero-order valence-electron chi connectivity index (χ0n) is 11.6. The molecule has 106 valence electrons. The van der Waals surface area contributed by atoms with Crippen molar-refractivity contribution in [2.45, 2.75) is 19.9 Å². The molecule has 2 nitrogen and oxygen atoms in total. The van der Waals surface area contributed by atoms with E-state index in [1.54, 1.807) is 6.07 Å². The van der Waals surface area contributed by atoms with Gasteiger partial charge in [-0.25, -0.2) is 4.39 Å². The molecule has 0 aliphatic rings. The van der Waals surface area contributed by atoms with Crippen molar-refractivity contribution in [2.75, 3.05) is 11.4 Å². The molecule has 0 amide bonds. The molecular weight excluding hydrogens is 319 g/mol. The van der Waals surface area contributed by atoms with Gasteiger partial charge in [-0.3, -0.25) is 0 Å². The molecule has 0 spiro atoms. The molecule has 0 heterocycles. The fraction of sp³-hybridized carbons (Fsp3) is 0.250. The van der Waals surface area contributed by atoms with Gasteiger partial charge in [0, 0.05) is 22.7 Å². The van der Waals surface area contributed by atoms with Crippen LogP contribution in [0.4, 0.5) is 15.8 Å². The van der Waals surface area contributed by atoms with Crippen molar-refractivity contribution < 1.29 is 4.39 Å². The SMILES string of the molecule is CCN(c1cccc(F)c1)c1ccc(C(C)N)cc1Br. The van der Waals surface area contributed by atoms with Crippen LogP contribution in [0.15, 0.2) is 46.9 Å². The molecule has 2 aromatic rings. The predicted octanol–water partition coefficient (Wildman–Crippen LogP) is 4.77. The van der Waals surface area contributed by atoms with Crippen LogP contribution in [-0.4, -0.2) is 6.54 Å². The number of benzene rings is 2. The third-order valence-electron chi connectivity index (χ3n) is 3.22. The van der Waals surface area contributed by atoms with E-state index in [2.05, 4.69) is 20.8 Å². The van der Waals surface area contributed by atoms with Crippen molar-refractivity contribution in [1.82, 2.24) is 0 Å². The number of hydrogen-bond acceptors (Lipinski definition) is 2. The standard InChI is InChI=1S/C16H18BrFN2/c1-3-20(14-6-4-5-13(18)10-14)16-8-7-12(11(2)19)9-15(16)17/h4-11H,3,19H2,1-2H3. The Bertz CT molecular complexity index is 599. The molecular formula is C16H18BrFN2. The summed E-state index contributed by atoms with van der Waals surface area (Å²) < 4.78 is 14.4. The molecule has 0 saturated heterocycles. The van der Waals surface area contributed by atoms with E-state index >= 15 is 0 Å². The van der Waals surface area contributed by atoms with Crippen LogP contribution in [-0.2, 0) is 0 Å². The van der Waals surface area contributed by atoms with Gasteiger partial charge < -0.3 is 10.6 Å². The smallest absolute Gasteiger partial charge is 0.125 e. The summed E-state index contributed by atoms with van der Waals surface area (Å²) in [7, 11) is 0. The first kappa shape index (κ1) is 15.0. The fourth-order valence-corrected chi connectivity index (χ4v) is 2.77. The molecule has 0 aliphatic heterocycles. The molecule has 2 N–H and O–H groups in total. The Morgan fingerprint density at radius 2 is 2.00 bits per heavy atom. The average Bonchev–Trinajstić information content (AvgIpc) is 2.41. The Labute approximate surface area is 127 Å². The zero-order chi connectivity index (χ0) is 14.7. The maximum Gasteiger partial charge on any atom is 0.125 e. The Morgan fingerprint density at radius 1 is 1.25 bits per heavy atom. The van der Waals surface area contributed by atoms with E-state index in [1.807, 2.05) is 38.1 Å². The van der Waals surface area contributed by atoms with Gasteiger partial charge >= 0.3 is 0 Å². The molecule has 4 heteroatoms. The van der Waals surface area contributed by atoms with Gasteiger partial charge in [0.2, 0.25) is 0 Å². The number of hydrogen-bond donors (Lipinski definition) is 1. The van der Waals surface area contributed by atoms with Crippen molar-refractivity contribution in [2.24, 2.45) is 5.73 Å². The summed E-state index contributed by atoms with van der Waals surface area (Å²) in [4.78, 5) is 2.05. The lowest BCUT2D eigenvalue weighted by Crippen LogP contribution is -2.17. The first-order chi connectivity index (χ1) is 9.52. The number of nitrogens with zero attached hydrogens (tertiary/aromatic N) is 1. The van der Waals surface area contributed by atoms with Crippen LogP contribution in [0.5, 0.6) is 0 Å². The van der Waals surface area contributed by atoms with Gasteiger partial charge in [0.25, 0.3) is 0 Å². The number of anilines is 2. The lowest BCUT2D eigenvalue weighted by atomic mass is 10.1. The minimum atomic E-state index is -0.232. The number of halogens is 2. The van der Waals surface area contributed by atoms with Crippen LogP contribution in [0.3, 0.4) is 0 Å². The summed E-state index contributed by atoms with van der Waals surface area (Å²) in [6, 6.07) is 12.6. The summed E-state index contributed by atoms with van der Waals surface area (Å²) in [5.74, 6) is -0.232. The van der Waals surface area contributed by atoms with Gasteiger partial charge in [0.1, 0.15) is 5.82 Å². The van der Waals surface area contributed by atoms with Crippen molar-refractivity contribution in [3.8, 4) is 0 Å². The Hall–Kier alpha value is -1.39. The summed E-state index contributed by atoms with van der Waals surface area (Å²) in [5, 5.41) is 0. The van der Waals surface area contributed by atoms with Gasteiger partial charge in [-0.15, -0.1) is 0 Å². The third-order valence-corrected chi connectivity index (χ3v) is 3.86. The van der Waals surface area contributed by atoms with E-state index in [1.165, 1.54) is 12.1 Å². The average molecular weight is 337 g/mol. The molecule has 1 atom stereocenters. The second-order valence-corrected chi connectivity index (χ2v) is 5.58. The molecule has 2 aromatic carbocycles. The van der Waals surface area contributed by atoms with Crippen LogP contribution in [0.1, 0.15) is 25.5 Å². The van der Waals surface area contributed by atoms with Crippen molar-refractivity contribution in [3.63, 3.8) is 0 Å². The molecule has 0 aromatic heterocycles. The van der Waals surface area contributed by atoms with E-state index in [0.29, 0.717) is 0 Å². The van der Waals surface area contributed by atoms with Crippen molar-refractivity contribution in [1.29, 1.82) is 0 Å². The molecule has 20 heavy (non-hydrogen) atoms. The van der Waals surface area contributed by atoms with Crippen molar-refractivity contribution in [3.05, 3.63) is 58.3 Å². The maximum atomic E-state index is 13.4. The third kappa shape index (κ3) is 3.19. The monoisotopic (exact) mass is 336 g/mol.